The van der Waals surface area contributed by atoms with Crippen LogP contribution in [0.2, 0.25) is 5.02 Å². The number of likely N-dealkylation sites (N-methyl/N-ethyl adjacent to an activating group) is 1. The number of benzene rings is 4. The van der Waals surface area contributed by atoms with E-state index in [0.717, 1.165) is 5.56 Å². The van der Waals surface area contributed by atoms with Gasteiger partial charge in [-0.05, 0) is 85.1 Å². The molecule has 0 fully saturated rings. The fraction of sp³-hybridized carbons (Fsp3) is 0.347. The van der Waals surface area contributed by atoms with Crippen LogP contribution < -0.4 is 32.0 Å². The second kappa shape index (κ2) is 23.2. The van der Waals surface area contributed by atoms with Crippen molar-refractivity contribution in [1.29, 1.82) is 5.26 Å². The Bertz CT molecular complexity index is 2410. The Balaban J connectivity index is 1.56. The van der Waals surface area contributed by atoms with E-state index >= 15 is 0 Å². The van der Waals surface area contributed by atoms with Crippen molar-refractivity contribution in [2.24, 2.45) is 29.0 Å². The van der Waals surface area contributed by atoms with Crippen molar-refractivity contribution in [2.75, 3.05) is 39.9 Å². The van der Waals surface area contributed by atoms with Gasteiger partial charge in [0, 0.05) is 85.5 Å². The molecule has 0 saturated heterocycles. The first-order valence-electron chi connectivity index (χ1n) is 20.9. The zero-order valence-electron chi connectivity index (χ0n) is 35.5. The molecule has 4 bridgehead atoms. The van der Waals surface area contributed by atoms with Crippen molar-refractivity contribution in [1.82, 2.24) is 10.2 Å². The van der Waals surface area contributed by atoms with E-state index in [1.165, 1.54) is 11.9 Å². The van der Waals surface area contributed by atoms with Crippen LogP contribution in [0.4, 0.5) is 0 Å². The number of ketones is 3. The number of nitriles is 1. The fourth-order valence-corrected chi connectivity index (χ4v) is 7.75. The van der Waals surface area contributed by atoms with Crippen LogP contribution in [0.3, 0.4) is 0 Å². The lowest BCUT2D eigenvalue weighted by Gasteiger charge is -2.32. The van der Waals surface area contributed by atoms with Crippen molar-refractivity contribution < 1.29 is 33.4 Å². The number of halogens is 1. The van der Waals surface area contributed by atoms with Crippen LogP contribution in [-0.2, 0) is 25.6 Å². The molecule has 4 aromatic carbocycles. The second-order valence-electron chi connectivity index (χ2n) is 15.4. The molecule has 328 valence electrons. The predicted molar refractivity (Wildman–Crippen MR) is 241 cm³/mol. The lowest BCUT2D eigenvalue weighted by atomic mass is 9.88. The number of ether oxygens (including phenoxy) is 2. The normalized spacial score (nSPS) is 16.6. The number of hydrogen-bond donors (Lipinski definition) is 4. The van der Waals surface area contributed by atoms with E-state index in [0.29, 0.717) is 39.3 Å². The summed E-state index contributed by atoms with van der Waals surface area (Å²) in [7, 11) is 1.48. The van der Waals surface area contributed by atoms with E-state index in [1.54, 1.807) is 55.5 Å². The molecule has 4 aromatic rings. The number of amides is 2. The van der Waals surface area contributed by atoms with Gasteiger partial charge in [-0.3, -0.25) is 24.0 Å². The second-order valence-corrected chi connectivity index (χ2v) is 15.8. The highest BCUT2D eigenvalue weighted by molar-refractivity contribution is 6.34. The smallest absolute Gasteiger partial charge is 0.226 e. The number of rotatable bonds is 16. The molecule has 1 aliphatic rings. The summed E-state index contributed by atoms with van der Waals surface area (Å²) >= 11 is 6.63. The first-order valence-corrected chi connectivity index (χ1v) is 21.3. The molecule has 0 aromatic heterocycles. The third-order valence-corrected chi connectivity index (χ3v) is 11.0. The number of hydrogen-bond acceptors (Lipinski definition) is 11. The minimum absolute atomic E-state index is 0.0342. The van der Waals surface area contributed by atoms with Crippen LogP contribution in [0.25, 0.3) is 11.1 Å². The molecule has 5 rings (SSSR count). The van der Waals surface area contributed by atoms with Crippen molar-refractivity contribution >= 4 is 40.8 Å². The predicted octanol–water partition coefficient (Wildman–Crippen LogP) is 5.33. The number of nitrogens with two attached hydrogens (primary N) is 3. The van der Waals surface area contributed by atoms with Gasteiger partial charge in [0.05, 0.1) is 17.1 Å². The number of nitrogens with zero attached hydrogens (tertiary/aromatic N) is 2. The van der Waals surface area contributed by atoms with Gasteiger partial charge in [-0.2, -0.15) is 5.26 Å². The molecule has 0 aliphatic carbocycles. The Kier molecular flexibility index (Phi) is 17.6. The van der Waals surface area contributed by atoms with Crippen LogP contribution in [0, 0.1) is 35.0 Å². The summed E-state index contributed by atoms with van der Waals surface area (Å²) in [6.07, 6.45) is -0.450. The molecular formula is C49H53ClN6O7. The molecular weight excluding hydrogens is 820 g/mol. The maximum absolute atomic E-state index is 14.7. The van der Waals surface area contributed by atoms with Crippen LogP contribution in [0.1, 0.15) is 77.7 Å². The zero-order chi connectivity index (χ0) is 45.5. The lowest BCUT2D eigenvalue weighted by Crippen LogP contribution is -2.46. The van der Waals surface area contributed by atoms with Crippen molar-refractivity contribution in [2.45, 2.75) is 57.5 Å². The summed E-state index contributed by atoms with van der Waals surface area (Å²) in [5.74, 6) is 2.84. The van der Waals surface area contributed by atoms with Gasteiger partial charge in [0.1, 0.15) is 30.8 Å². The fourth-order valence-electron chi connectivity index (χ4n) is 7.46. The largest absolute Gasteiger partial charge is 0.492 e. The van der Waals surface area contributed by atoms with E-state index in [-0.39, 0.29) is 87.7 Å². The van der Waals surface area contributed by atoms with E-state index in [2.05, 4.69) is 17.2 Å². The first-order chi connectivity index (χ1) is 30.4. The third kappa shape index (κ3) is 12.6. The van der Waals surface area contributed by atoms with Gasteiger partial charge < -0.3 is 36.9 Å². The van der Waals surface area contributed by atoms with Gasteiger partial charge in [-0.25, -0.2) is 0 Å². The van der Waals surface area contributed by atoms with Gasteiger partial charge in [-0.1, -0.05) is 60.7 Å². The number of Topliss-reactive ketones (excluding diaryl/α,β-unsaturated/α-hetero) is 3. The van der Waals surface area contributed by atoms with Crippen molar-refractivity contribution in [3.63, 3.8) is 0 Å². The number of fused-ring (bicyclic) bond motifs is 5. The van der Waals surface area contributed by atoms with Crippen LogP contribution in [0.15, 0.2) is 84.9 Å². The molecule has 14 heteroatoms. The molecule has 2 amide bonds. The highest BCUT2D eigenvalue weighted by atomic mass is 35.5. The van der Waals surface area contributed by atoms with Gasteiger partial charge in [0.15, 0.2) is 17.3 Å². The molecule has 1 aliphatic heterocycles. The highest BCUT2D eigenvalue weighted by Crippen LogP contribution is 2.41. The van der Waals surface area contributed by atoms with Crippen LogP contribution >= 0.6 is 11.6 Å². The maximum Gasteiger partial charge on any atom is 0.226 e. The van der Waals surface area contributed by atoms with Crippen molar-refractivity contribution in [3.8, 4) is 40.5 Å². The van der Waals surface area contributed by atoms with Crippen LogP contribution in [0.5, 0.6) is 11.5 Å². The molecule has 0 spiro atoms. The summed E-state index contributed by atoms with van der Waals surface area (Å²) in [6.45, 7) is 2.40. The summed E-state index contributed by atoms with van der Waals surface area (Å²) in [5, 5.41) is 12.2. The Morgan fingerprint density at radius 3 is 2.17 bits per heavy atom. The van der Waals surface area contributed by atoms with Crippen LogP contribution in [-0.4, -0.2) is 80.0 Å². The molecule has 63 heavy (non-hydrogen) atoms. The molecule has 7 N–H and O–H groups in total. The Hall–Kier alpha value is -6.35. The van der Waals surface area contributed by atoms with Gasteiger partial charge >= 0.3 is 0 Å². The maximum atomic E-state index is 14.7. The minimum Gasteiger partial charge on any atom is -0.492 e. The molecule has 0 saturated carbocycles. The summed E-state index contributed by atoms with van der Waals surface area (Å²) in [5.41, 5.74) is 21.5. The third-order valence-electron chi connectivity index (χ3n) is 10.7. The SMILES string of the molecule is C[C@@H]1CC(=O)[C@@H](N(C)C(=O)[C@H](CCN)CC(=O)c2ccc(C#Cc3ccccc3)cc2Cl)c2ccc(OCCN)c(c2)-c2cc(ccc2OCCN)C[C@@H](C(=O)CCC#N)NC1=O. The zero-order valence-corrected chi connectivity index (χ0v) is 36.3. The summed E-state index contributed by atoms with van der Waals surface area (Å²) in [4.78, 5) is 71.7. The number of nitrogens with one attached hydrogen (secondary N) is 1. The van der Waals surface area contributed by atoms with Crippen molar-refractivity contribution in [3.05, 3.63) is 118 Å². The molecule has 4 atom stereocenters. The first kappa shape index (κ1) is 47.7. The molecule has 1 heterocycles. The average molecular weight is 873 g/mol. The van der Waals surface area contributed by atoms with Gasteiger partial charge in [0.25, 0.3) is 0 Å². The monoisotopic (exact) mass is 872 g/mol. The van der Waals surface area contributed by atoms with Gasteiger partial charge in [0.2, 0.25) is 11.8 Å². The topological polar surface area (TPSA) is 221 Å². The molecule has 0 radical (unpaired) electrons. The Labute approximate surface area is 373 Å². The lowest BCUT2D eigenvalue weighted by molar-refractivity contribution is -0.142. The molecule has 0 unspecified atom stereocenters. The minimum atomic E-state index is -1.25. The summed E-state index contributed by atoms with van der Waals surface area (Å²) in [6, 6.07) is 24.5. The summed E-state index contributed by atoms with van der Waals surface area (Å²) < 4.78 is 12.2. The number of carbonyl (C=O) groups excluding carboxylic acids is 5. The van der Waals surface area contributed by atoms with Gasteiger partial charge in [-0.15, -0.1) is 0 Å². The Morgan fingerprint density at radius 2 is 1.52 bits per heavy atom. The quantitative estimate of drug-likeness (QED) is 0.0833. The van der Waals surface area contributed by atoms with E-state index in [1.807, 2.05) is 42.5 Å². The molecule has 13 nitrogen and oxygen atoms in total. The van der Waals surface area contributed by atoms with E-state index in [9.17, 15) is 29.2 Å². The standard InChI is InChI=1S/C49H53ClN6O7/c1-31-25-44(59)47(56(2)49(61)36(18-20-52)30-43(58)37-15-12-33(27-40(37)50)11-10-32-7-4-3-5-8-32)35-14-17-46(63-24-22-54)39(29-35)38-26-34(13-16-45(38)62-23-21-53)28-41(55-48(31)60)42(57)9-6-19-51/h3-5,7-8,12-17,26-27,29,31,36,41,47H,6,9,18,20-25,28,30,52-54H2,1-2H3,(H,55,60)/t31-,36-,41+,47+/m1/s1. The Morgan fingerprint density at radius 1 is 0.857 bits per heavy atom. The highest BCUT2D eigenvalue weighted by Gasteiger charge is 2.36. The van der Waals surface area contributed by atoms with E-state index in [4.69, 9.17) is 38.3 Å². The average Bonchev–Trinajstić information content (AvgIpc) is 3.28. The van der Waals surface area contributed by atoms with E-state index < -0.39 is 47.3 Å². The number of carbonyl (C=O) groups is 5.